The lowest BCUT2D eigenvalue weighted by molar-refractivity contribution is -0.146. The topological polar surface area (TPSA) is 341 Å². The van der Waals surface area contributed by atoms with Gasteiger partial charge < -0.3 is 46.6 Å². The van der Waals surface area contributed by atoms with Crippen LogP contribution in [0.2, 0.25) is 0 Å². The highest BCUT2D eigenvalue weighted by Gasteiger charge is 2.29. The summed E-state index contributed by atoms with van der Waals surface area (Å²) in [6.45, 7) is 2.30. The van der Waals surface area contributed by atoms with Crippen molar-refractivity contribution in [3.8, 4) is 0 Å². The summed E-state index contributed by atoms with van der Waals surface area (Å²) in [5.74, 6) is -10.3. The van der Waals surface area contributed by atoms with Crippen LogP contribution in [0.4, 0.5) is 0 Å². The van der Waals surface area contributed by atoms with Crippen molar-refractivity contribution in [3.63, 3.8) is 0 Å². The quantitative estimate of drug-likeness (QED) is 0.0507. The fraction of sp³-hybridized carbons (Fsp3) is 0.652. The van der Waals surface area contributed by atoms with E-state index in [4.69, 9.17) is 5.11 Å². The van der Waals surface area contributed by atoms with E-state index in [2.05, 4.69) is 16.0 Å². The van der Waals surface area contributed by atoms with Gasteiger partial charge in [0.25, 0.3) is 5.91 Å². The number of Topliss-reactive ketones (excluding diaryl/α,β-unsaturated/α-hetero) is 1. The molecule has 0 unspecified atom stereocenters. The number of ketones is 1. The maximum absolute atomic E-state index is 13.1. The number of aliphatic carboxylic acids is 6. The molecule has 0 radical (unpaired) electrons. The zero-order valence-electron chi connectivity index (χ0n) is 39.1. The smallest absolute Gasteiger partial charge is 0.317 e. The van der Waals surface area contributed by atoms with Crippen LogP contribution < -0.4 is 16.0 Å². The average molecular weight is 976 g/mol. The molecule has 2 atom stereocenters. The van der Waals surface area contributed by atoms with Crippen LogP contribution in [0.25, 0.3) is 0 Å². The Morgan fingerprint density at radius 3 is 1.45 bits per heavy atom. The fourth-order valence-electron chi connectivity index (χ4n) is 8.41. The molecule has 3 amide bonds. The number of carboxylic acid groups (broad SMARTS) is 6. The number of carbonyl (C=O) groups is 10. The van der Waals surface area contributed by atoms with Crippen LogP contribution >= 0.6 is 0 Å². The molecule has 0 aromatic heterocycles. The maximum Gasteiger partial charge on any atom is 0.317 e. The zero-order valence-corrected chi connectivity index (χ0v) is 39.1. The predicted molar refractivity (Wildman–Crippen MR) is 245 cm³/mol. The van der Waals surface area contributed by atoms with Crippen molar-refractivity contribution in [1.82, 2.24) is 35.6 Å². The van der Waals surface area contributed by atoms with Crippen LogP contribution in [0.15, 0.2) is 24.3 Å². The van der Waals surface area contributed by atoms with Crippen molar-refractivity contribution >= 4 is 59.3 Å². The molecule has 1 aliphatic carbocycles. The molecular weight excluding hydrogens is 907 g/mol. The number of nitrogens with one attached hydrogen (secondary N) is 3. The highest BCUT2D eigenvalue weighted by atomic mass is 16.4. The van der Waals surface area contributed by atoms with E-state index in [1.54, 1.807) is 39.0 Å². The van der Waals surface area contributed by atoms with Crippen LogP contribution in [0.3, 0.4) is 0 Å². The number of nitrogens with zero attached hydrogens (tertiary/aromatic N) is 4. The van der Waals surface area contributed by atoms with Crippen molar-refractivity contribution in [1.29, 1.82) is 0 Å². The van der Waals surface area contributed by atoms with Gasteiger partial charge in [0.05, 0.1) is 38.0 Å². The van der Waals surface area contributed by atoms with Gasteiger partial charge in [-0.05, 0) is 68.6 Å². The second-order valence-electron chi connectivity index (χ2n) is 17.9. The van der Waals surface area contributed by atoms with E-state index < -0.39 is 66.3 Å². The van der Waals surface area contributed by atoms with E-state index in [9.17, 15) is 73.5 Å². The third-order valence-corrected chi connectivity index (χ3v) is 12.5. The molecule has 69 heavy (non-hydrogen) atoms. The number of carbonyl (C=O) groups excluding carboxylic acids is 4. The molecule has 1 saturated carbocycles. The summed E-state index contributed by atoms with van der Waals surface area (Å²) in [6, 6.07) is 6.78. The fourth-order valence-corrected chi connectivity index (χ4v) is 8.41. The number of hydrogen-bond donors (Lipinski definition) is 9. The van der Waals surface area contributed by atoms with Crippen LogP contribution in [-0.4, -0.2) is 201 Å². The van der Waals surface area contributed by atoms with Crippen LogP contribution in [0.1, 0.15) is 86.6 Å². The molecule has 0 bridgehead atoms. The van der Waals surface area contributed by atoms with Crippen molar-refractivity contribution in [2.75, 3.05) is 91.6 Å². The molecule has 3 rings (SSSR count). The van der Waals surface area contributed by atoms with E-state index in [0.717, 1.165) is 18.4 Å². The van der Waals surface area contributed by atoms with Gasteiger partial charge >= 0.3 is 35.8 Å². The summed E-state index contributed by atoms with van der Waals surface area (Å²) in [6.07, 6.45) is 2.35. The maximum atomic E-state index is 13.1. The first kappa shape index (κ1) is 57.3. The minimum Gasteiger partial charge on any atom is -0.481 e. The molecule has 23 nitrogen and oxygen atoms in total. The lowest BCUT2D eigenvalue weighted by atomic mass is 9.81. The highest BCUT2D eigenvalue weighted by Crippen LogP contribution is 2.29. The minimum atomic E-state index is -1.31. The Morgan fingerprint density at radius 1 is 0.536 bits per heavy atom. The highest BCUT2D eigenvalue weighted by molar-refractivity contribution is 5.94. The SMILES string of the molecule is O=C(O)CC[C@H](CC(=O)C[C@@H](CCCCNC(=O)C1CCC(CNC(=O)c2ccc(CNC(=O)CN3CCN(CC(=O)O)CCN(CC(=O)O)CCN(CC(=O)O)CC3)cc2)CC1)C(=O)O)C(=O)O. The molecule has 1 heterocycles. The van der Waals surface area contributed by atoms with E-state index in [0.29, 0.717) is 57.4 Å². The molecule has 23 heteroatoms. The Labute approximate surface area is 400 Å². The largest absolute Gasteiger partial charge is 0.481 e. The number of rotatable bonds is 28. The van der Waals surface area contributed by atoms with Crippen molar-refractivity contribution in [3.05, 3.63) is 35.4 Å². The molecule has 2 fully saturated rings. The molecule has 1 aromatic carbocycles. The lowest BCUT2D eigenvalue weighted by Crippen LogP contribution is -2.49. The second kappa shape index (κ2) is 30.4. The number of hydrogen-bond acceptors (Lipinski definition) is 14. The molecule has 2 aliphatic rings. The standard InChI is InChI=1S/C46H69N7O16/c54-37(24-36(46(68)69)12-13-39(56)57)23-35(45(66)67)3-1-2-14-47-43(64)33-8-6-32(7-9-33)26-49-44(65)34-10-4-31(5-11-34)25-48-38(55)27-50-15-17-51(28-40(58)59)19-21-53(30-42(62)63)22-20-52(18-16-50)29-41(60)61/h4-5,10-11,32-33,35-36H,1-3,6-9,12-30H2,(H,47,64)(H,48,55)(H,49,65)(H,56,57)(H,58,59)(H,60,61)(H,62,63)(H,66,67)(H,68,69)/t32?,33?,35-,36-/m1/s1. The molecule has 1 aliphatic heterocycles. The Balaban J connectivity index is 1.38. The molecule has 1 aromatic rings. The van der Waals surface area contributed by atoms with Gasteiger partial charge in [0.2, 0.25) is 11.8 Å². The predicted octanol–water partition coefficient (Wildman–Crippen LogP) is 0.217. The van der Waals surface area contributed by atoms with Gasteiger partial charge in [-0.1, -0.05) is 18.6 Å². The van der Waals surface area contributed by atoms with Gasteiger partial charge in [-0.25, -0.2) is 0 Å². The third-order valence-electron chi connectivity index (χ3n) is 12.5. The lowest BCUT2D eigenvalue weighted by Gasteiger charge is -2.32. The Bertz CT molecular complexity index is 1880. The van der Waals surface area contributed by atoms with E-state index in [1.807, 2.05) is 4.90 Å². The van der Waals surface area contributed by atoms with Gasteiger partial charge in [0, 0.05) is 103 Å². The minimum absolute atomic E-state index is 0.0365. The summed E-state index contributed by atoms with van der Waals surface area (Å²) >= 11 is 0. The van der Waals surface area contributed by atoms with Gasteiger partial charge in [-0.15, -0.1) is 0 Å². The summed E-state index contributed by atoms with van der Waals surface area (Å²) in [7, 11) is 0. The van der Waals surface area contributed by atoms with Gasteiger partial charge in [-0.3, -0.25) is 67.5 Å². The number of benzene rings is 1. The monoisotopic (exact) mass is 975 g/mol. The van der Waals surface area contributed by atoms with Gasteiger partial charge in [0.15, 0.2) is 0 Å². The molecule has 0 spiro atoms. The number of unbranched alkanes of at least 4 members (excludes halogenated alkanes) is 1. The summed E-state index contributed by atoms with van der Waals surface area (Å²) < 4.78 is 0. The molecular formula is C46H69N7O16. The van der Waals surface area contributed by atoms with E-state index in [-0.39, 0.29) is 121 Å². The Hall–Kier alpha value is -6.04. The first-order valence-electron chi connectivity index (χ1n) is 23.4. The first-order chi connectivity index (χ1) is 32.8. The van der Waals surface area contributed by atoms with Crippen LogP contribution in [0.5, 0.6) is 0 Å². The Kier molecular flexibility index (Phi) is 25.3. The first-order valence-corrected chi connectivity index (χ1v) is 23.4. The van der Waals surface area contributed by atoms with Crippen molar-refractivity contribution in [2.24, 2.45) is 23.7 Å². The summed E-state index contributed by atoms with van der Waals surface area (Å²) in [5.41, 5.74) is 1.18. The van der Waals surface area contributed by atoms with Crippen molar-refractivity contribution in [2.45, 2.75) is 77.2 Å². The summed E-state index contributed by atoms with van der Waals surface area (Å²) in [5, 5.41) is 64.7. The molecule has 9 N–H and O–H groups in total. The van der Waals surface area contributed by atoms with E-state index >= 15 is 0 Å². The normalized spacial score (nSPS) is 18.8. The third kappa shape index (κ3) is 23.7. The van der Waals surface area contributed by atoms with Gasteiger partial charge in [0.1, 0.15) is 5.78 Å². The van der Waals surface area contributed by atoms with Crippen molar-refractivity contribution < 1.29 is 78.6 Å². The molecule has 384 valence electrons. The van der Waals surface area contributed by atoms with E-state index in [1.165, 1.54) is 0 Å². The Morgan fingerprint density at radius 2 is 1.00 bits per heavy atom. The number of carboxylic acids is 6. The van der Waals surface area contributed by atoms with Crippen LogP contribution in [-0.2, 0) is 49.7 Å². The van der Waals surface area contributed by atoms with Gasteiger partial charge in [-0.2, -0.15) is 0 Å². The summed E-state index contributed by atoms with van der Waals surface area (Å²) in [4.78, 5) is 127. The number of amides is 3. The zero-order chi connectivity index (χ0) is 50.9. The average Bonchev–Trinajstić information content (AvgIpc) is 3.28. The molecule has 1 saturated heterocycles. The second-order valence-corrected chi connectivity index (χ2v) is 17.9. The van der Waals surface area contributed by atoms with Crippen LogP contribution in [0, 0.1) is 23.7 Å².